The molecule has 8 rings (SSSR count). The fraction of sp³-hybridized carbons (Fsp3) is 0.0250. The summed E-state index contributed by atoms with van der Waals surface area (Å²) in [7, 11) is 0. The zero-order valence-electron chi connectivity index (χ0n) is 25.2. The van der Waals surface area contributed by atoms with Crippen molar-refractivity contribution in [3.63, 3.8) is 0 Å². The van der Waals surface area contributed by atoms with Crippen LogP contribution in [0.3, 0.4) is 0 Å². The van der Waals surface area contributed by atoms with Crippen LogP contribution in [0.1, 0.15) is 5.56 Å². The molecular formula is C40H22F5N3. The zero-order chi connectivity index (χ0) is 33.1. The molecule has 0 aliphatic heterocycles. The Morgan fingerprint density at radius 2 is 0.938 bits per heavy atom. The van der Waals surface area contributed by atoms with E-state index < -0.39 is 34.6 Å². The molecule has 0 saturated heterocycles. The average molecular weight is 640 g/mol. The van der Waals surface area contributed by atoms with Crippen molar-refractivity contribution in [3.8, 4) is 44.9 Å². The Kier molecular flexibility index (Phi) is 6.95. The Bertz CT molecular complexity index is 2540. The topological polar surface area (TPSA) is 38.7 Å². The molecule has 0 bridgehead atoms. The van der Waals surface area contributed by atoms with Crippen LogP contribution in [0.25, 0.3) is 77.6 Å². The fourth-order valence-corrected chi connectivity index (χ4v) is 6.39. The quantitative estimate of drug-likeness (QED) is 0.0832. The second-order valence-electron chi connectivity index (χ2n) is 11.4. The van der Waals surface area contributed by atoms with Crippen LogP contribution in [0, 0.1) is 36.0 Å². The van der Waals surface area contributed by atoms with Crippen molar-refractivity contribution in [2.24, 2.45) is 0 Å². The normalized spacial score (nSPS) is 11.5. The summed E-state index contributed by atoms with van der Waals surface area (Å²) in [6.45, 7) is 1.87. The van der Waals surface area contributed by atoms with E-state index in [-0.39, 0.29) is 11.1 Å². The van der Waals surface area contributed by atoms with E-state index >= 15 is 8.78 Å². The standard InChI is InChI=1S/C40H22F5N3/c1-21-20-28-40(48-38(23-14-6-3-7-15-23)37(47-28)22-12-4-2-5-13-22)30-26-18-10-11-19-27(26)46-39(29(21)30)25-17-9-8-16-24(25)31-32(41)34(43)36(45)35(44)33(31)42/h2-20H,1H3. The van der Waals surface area contributed by atoms with Crippen molar-refractivity contribution >= 4 is 32.7 Å². The lowest BCUT2D eigenvalue weighted by atomic mass is 9.90. The number of hydrogen-bond acceptors (Lipinski definition) is 3. The van der Waals surface area contributed by atoms with Crippen molar-refractivity contribution in [1.29, 1.82) is 0 Å². The summed E-state index contributed by atoms with van der Waals surface area (Å²) in [5, 5.41) is 2.07. The highest BCUT2D eigenvalue weighted by molar-refractivity contribution is 6.22. The van der Waals surface area contributed by atoms with Gasteiger partial charge in [-0.25, -0.2) is 36.9 Å². The summed E-state index contributed by atoms with van der Waals surface area (Å²) >= 11 is 0. The summed E-state index contributed by atoms with van der Waals surface area (Å²) in [4.78, 5) is 15.4. The third-order valence-corrected chi connectivity index (χ3v) is 8.56. The summed E-state index contributed by atoms with van der Waals surface area (Å²) in [6.07, 6.45) is 0. The van der Waals surface area contributed by atoms with Crippen molar-refractivity contribution in [1.82, 2.24) is 15.0 Å². The molecule has 0 N–H and O–H groups in total. The molecule has 0 spiro atoms. The predicted molar refractivity (Wildman–Crippen MR) is 179 cm³/mol. The van der Waals surface area contributed by atoms with Crippen LogP contribution in [-0.2, 0) is 0 Å². The van der Waals surface area contributed by atoms with Crippen LogP contribution in [0.5, 0.6) is 0 Å². The molecule has 8 aromatic rings. The molecule has 0 atom stereocenters. The minimum Gasteiger partial charge on any atom is -0.247 e. The van der Waals surface area contributed by atoms with E-state index in [0.717, 1.165) is 22.1 Å². The van der Waals surface area contributed by atoms with E-state index in [2.05, 4.69) is 0 Å². The van der Waals surface area contributed by atoms with E-state index in [1.54, 1.807) is 18.2 Å². The Labute approximate surface area is 271 Å². The second-order valence-corrected chi connectivity index (χ2v) is 11.4. The summed E-state index contributed by atoms with van der Waals surface area (Å²) in [5.41, 5.74) is 4.85. The molecule has 0 aliphatic carbocycles. The van der Waals surface area contributed by atoms with Gasteiger partial charge in [0.1, 0.15) is 0 Å². The molecule has 0 radical (unpaired) electrons. The van der Waals surface area contributed by atoms with Crippen molar-refractivity contribution in [2.75, 3.05) is 0 Å². The first kappa shape index (κ1) is 29.4. The van der Waals surface area contributed by atoms with Crippen LogP contribution in [0.4, 0.5) is 22.0 Å². The minimum atomic E-state index is -2.22. The van der Waals surface area contributed by atoms with Gasteiger partial charge in [-0.1, -0.05) is 103 Å². The third kappa shape index (κ3) is 4.52. The molecular weight excluding hydrogens is 617 g/mol. The maximum atomic E-state index is 15.3. The Balaban J connectivity index is 1.52. The van der Waals surface area contributed by atoms with E-state index in [4.69, 9.17) is 15.0 Å². The van der Waals surface area contributed by atoms with Gasteiger partial charge < -0.3 is 0 Å². The largest absolute Gasteiger partial charge is 0.247 e. The third-order valence-electron chi connectivity index (χ3n) is 8.56. The van der Waals surface area contributed by atoms with Crippen LogP contribution >= 0.6 is 0 Å². The molecule has 2 aromatic heterocycles. The van der Waals surface area contributed by atoms with Crippen LogP contribution in [-0.4, -0.2) is 15.0 Å². The number of aromatic nitrogens is 3. The minimum absolute atomic E-state index is 0.190. The molecule has 0 amide bonds. The Morgan fingerprint density at radius 3 is 1.58 bits per heavy atom. The van der Waals surface area contributed by atoms with Gasteiger partial charge in [0.25, 0.3) is 0 Å². The number of hydrogen-bond donors (Lipinski definition) is 0. The SMILES string of the molecule is Cc1cc2nc(-c3ccccc3)c(-c3ccccc3)nc2c2c1c(-c1ccccc1-c1c(F)c(F)c(F)c(F)c1F)nc1ccccc12. The average Bonchev–Trinajstić information content (AvgIpc) is 3.13. The molecule has 8 heteroatoms. The van der Waals surface area contributed by atoms with Gasteiger partial charge in [-0.05, 0) is 30.2 Å². The highest BCUT2D eigenvalue weighted by atomic mass is 19.2. The lowest BCUT2D eigenvalue weighted by Crippen LogP contribution is -2.05. The Morgan fingerprint density at radius 1 is 0.438 bits per heavy atom. The van der Waals surface area contributed by atoms with E-state index in [1.807, 2.05) is 91.9 Å². The number of pyridine rings is 1. The maximum Gasteiger partial charge on any atom is 0.200 e. The lowest BCUT2D eigenvalue weighted by molar-refractivity contribution is 0.381. The fourth-order valence-electron chi connectivity index (χ4n) is 6.39. The zero-order valence-corrected chi connectivity index (χ0v) is 25.2. The number of benzene rings is 6. The molecule has 6 aromatic carbocycles. The molecule has 48 heavy (non-hydrogen) atoms. The van der Waals surface area contributed by atoms with Gasteiger partial charge in [0, 0.05) is 32.8 Å². The summed E-state index contributed by atoms with van der Waals surface area (Å²) in [5.74, 6) is -10.1. The van der Waals surface area contributed by atoms with Crippen LogP contribution in [0.2, 0.25) is 0 Å². The number of para-hydroxylation sites is 1. The van der Waals surface area contributed by atoms with Gasteiger partial charge in [-0.3, -0.25) is 0 Å². The van der Waals surface area contributed by atoms with Crippen molar-refractivity contribution in [3.05, 3.63) is 150 Å². The maximum absolute atomic E-state index is 15.3. The smallest absolute Gasteiger partial charge is 0.200 e. The van der Waals surface area contributed by atoms with Gasteiger partial charge in [-0.2, -0.15) is 0 Å². The summed E-state index contributed by atoms with van der Waals surface area (Å²) < 4.78 is 73.5. The van der Waals surface area contributed by atoms with Gasteiger partial charge in [0.2, 0.25) is 5.82 Å². The molecule has 0 fully saturated rings. The first-order valence-electron chi connectivity index (χ1n) is 15.1. The second kappa shape index (κ2) is 11.3. The summed E-state index contributed by atoms with van der Waals surface area (Å²) in [6, 6.07) is 34.8. The van der Waals surface area contributed by atoms with E-state index in [1.165, 1.54) is 12.1 Å². The van der Waals surface area contributed by atoms with E-state index in [0.29, 0.717) is 44.4 Å². The van der Waals surface area contributed by atoms with Crippen molar-refractivity contribution in [2.45, 2.75) is 6.92 Å². The number of aryl methyl sites for hydroxylation is 1. The number of halogens is 5. The first-order chi connectivity index (χ1) is 23.3. The van der Waals surface area contributed by atoms with Gasteiger partial charge in [0.15, 0.2) is 23.3 Å². The Hall–Kier alpha value is -6.02. The van der Waals surface area contributed by atoms with Gasteiger partial charge >= 0.3 is 0 Å². The van der Waals surface area contributed by atoms with Gasteiger partial charge in [-0.15, -0.1) is 0 Å². The lowest BCUT2D eigenvalue weighted by Gasteiger charge is -2.18. The molecule has 232 valence electrons. The molecule has 0 unspecified atom stereocenters. The number of fused-ring (bicyclic) bond motifs is 5. The highest BCUT2D eigenvalue weighted by Crippen LogP contribution is 2.44. The first-order valence-corrected chi connectivity index (χ1v) is 15.1. The van der Waals surface area contributed by atoms with Crippen LogP contribution < -0.4 is 0 Å². The predicted octanol–water partition coefficient (Wildman–Crippen LogP) is 11.0. The van der Waals surface area contributed by atoms with Gasteiger partial charge in [0.05, 0.1) is 39.2 Å². The molecule has 0 aliphatic rings. The monoisotopic (exact) mass is 639 g/mol. The number of nitrogens with zero attached hydrogens (tertiary/aromatic N) is 3. The highest BCUT2D eigenvalue weighted by Gasteiger charge is 2.29. The molecule has 2 heterocycles. The van der Waals surface area contributed by atoms with Crippen molar-refractivity contribution < 1.29 is 22.0 Å². The molecule has 3 nitrogen and oxygen atoms in total. The van der Waals surface area contributed by atoms with Crippen LogP contribution in [0.15, 0.2) is 115 Å². The van der Waals surface area contributed by atoms with E-state index in [9.17, 15) is 13.2 Å². The molecule has 0 saturated carbocycles. The number of rotatable bonds is 4.